The van der Waals surface area contributed by atoms with Crippen molar-refractivity contribution in [2.45, 2.75) is 20.8 Å². The van der Waals surface area contributed by atoms with Crippen LogP contribution >= 0.6 is 11.3 Å². The molecule has 0 saturated carbocycles. The van der Waals surface area contributed by atoms with Crippen LogP contribution in [0.4, 0.5) is 0 Å². The smallest absolute Gasteiger partial charge is 0.280 e. The normalized spacial score (nSPS) is 10.8. The average molecular weight is 467 g/mol. The van der Waals surface area contributed by atoms with Gasteiger partial charge in [0.25, 0.3) is 11.8 Å². The molecule has 0 aliphatic rings. The Morgan fingerprint density at radius 1 is 1.09 bits per heavy atom. The first kappa shape index (κ1) is 22.3. The first-order valence-corrected chi connectivity index (χ1v) is 11.0. The molecular weight excluding hydrogens is 444 g/mol. The topological polar surface area (TPSA) is 116 Å². The zero-order valence-electron chi connectivity index (χ0n) is 18.5. The molecule has 0 saturated heterocycles. The molecule has 1 aromatic carbocycles. The molecule has 9 nitrogen and oxygen atoms in total. The van der Waals surface area contributed by atoms with Crippen LogP contribution in [0.2, 0.25) is 0 Å². The van der Waals surface area contributed by atoms with Gasteiger partial charge in [-0.05, 0) is 56.7 Å². The van der Waals surface area contributed by atoms with Crippen molar-refractivity contribution in [3.63, 3.8) is 0 Å². The number of hydrogen-bond acceptors (Lipinski definition) is 8. The second kappa shape index (κ2) is 9.29. The van der Waals surface area contributed by atoms with Gasteiger partial charge in [-0.25, -0.2) is 9.97 Å². The summed E-state index contributed by atoms with van der Waals surface area (Å²) in [6.45, 7) is 6.02. The summed E-state index contributed by atoms with van der Waals surface area (Å²) in [6.07, 6.45) is 1.55. The van der Waals surface area contributed by atoms with Crippen LogP contribution in [-0.2, 0) is 0 Å². The maximum absolute atomic E-state index is 12.8. The summed E-state index contributed by atoms with van der Waals surface area (Å²) in [5.74, 6) is 1.04. The van der Waals surface area contributed by atoms with E-state index in [0.29, 0.717) is 45.0 Å². The molecule has 2 amide bonds. The number of nitrogens with zero attached hydrogens (tertiary/aromatic N) is 2. The fourth-order valence-corrected chi connectivity index (χ4v) is 4.52. The number of amides is 2. The summed E-state index contributed by atoms with van der Waals surface area (Å²) in [6, 6.07) is 8.33. The number of fused-ring (bicyclic) bond motifs is 1. The largest absolute Gasteiger partial charge is 0.493 e. The van der Waals surface area contributed by atoms with Crippen LogP contribution in [0.3, 0.4) is 0 Å². The van der Waals surface area contributed by atoms with Crippen molar-refractivity contribution in [3.05, 3.63) is 58.3 Å². The lowest BCUT2D eigenvalue weighted by molar-refractivity contribution is 0.0848. The minimum atomic E-state index is -0.487. The Kier molecular flexibility index (Phi) is 6.27. The van der Waals surface area contributed by atoms with Crippen LogP contribution in [0.25, 0.3) is 21.8 Å². The van der Waals surface area contributed by atoms with Gasteiger partial charge in [0.1, 0.15) is 4.83 Å². The van der Waals surface area contributed by atoms with Gasteiger partial charge in [0, 0.05) is 10.9 Å². The zero-order chi connectivity index (χ0) is 23.5. The van der Waals surface area contributed by atoms with Crippen molar-refractivity contribution in [1.29, 1.82) is 0 Å². The van der Waals surface area contributed by atoms with E-state index < -0.39 is 11.8 Å². The molecule has 4 rings (SSSR count). The lowest BCUT2D eigenvalue weighted by Gasteiger charge is -2.11. The van der Waals surface area contributed by atoms with E-state index in [-0.39, 0.29) is 0 Å². The Morgan fingerprint density at radius 2 is 1.88 bits per heavy atom. The number of aromatic nitrogens is 2. The van der Waals surface area contributed by atoms with E-state index in [4.69, 9.17) is 13.9 Å². The minimum absolute atomic E-state index is 0.313. The number of aryl methyl sites for hydroxylation is 2. The zero-order valence-corrected chi connectivity index (χ0v) is 19.3. The Balaban J connectivity index is 1.53. The van der Waals surface area contributed by atoms with E-state index in [1.807, 2.05) is 20.8 Å². The molecule has 0 aliphatic heterocycles. The molecule has 10 heteroatoms. The van der Waals surface area contributed by atoms with E-state index in [9.17, 15) is 9.59 Å². The van der Waals surface area contributed by atoms with Crippen molar-refractivity contribution >= 4 is 33.4 Å². The maximum Gasteiger partial charge on any atom is 0.280 e. The molecule has 0 aliphatic carbocycles. The molecule has 3 aromatic heterocycles. The Hall–Kier alpha value is -3.92. The molecule has 0 spiro atoms. The van der Waals surface area contributed by atoms with E-state index >= 15 is 0 Å². The number of thiophene rings is 1. The molecule has 2 N–H and O–H groups in total. The predicted octanol–water partition coefficient (Wildman–Crippen LogP) is 4.05. The first-order valence-electron chi connectivity index (χ1n) is 10.2. The highest BCUT2D eigenvalue weighted by Gasteiger charge is 2.21. The Labute approximate surface area is 193 Å². The van der Waals surface area contributed by atoms with Crippen LogP contribution < -0.4 is 20.3 Å². The van der Waals surface area contributed by atoms with Gasteiger partial charge >= 0.3 is 0 Å². The van der Waals surface area contributed by atoms with Gasteiger partial charge in [0.05, 0.1) is 30.6 Å². The average Bonchev–Trinajstić information content (AvgIpc) is 3.46. The number of ether oxygens (including phenoxy) is 2. The number of methoxy groups -OCH3 is 1. The monoisotopic (exact) mass is 466 g/mol. The number of carbonyl (C=O) groups is 2. The summed E-state index contributed by atoms with van der Waals surface area (Å²) < 4.78 is 16.1. The number of carbonyl (C=O) groups excluding carboxylic acids is 2. The van der Waals surface area contributed by atoms with Gasteiger partial charge in [-0.1, -0.05) is 0 Å². The Bertz CT molecular complexity index is 1330. The maximum atomic E-state index is 12.8. The van der Waals surface area contributed by atoms with Gasteiger partial charge in [0.2, 0.25) is 0 Å². The molecule has 0 atom stereocenters. The molecule has 170 valence electrons. The third-order valence-corrected chi connectivity index (χ3v) is 6.12. The van der Waals surface area contributed by atoms with E-state index in [2.05, 4.69) is 20.8 Å². The second-order valence-electron chi connectivity index (χ2n) is 7.05. The number of hydrogen-bond donors (Lipinski definition) is 2. The molecule has 0 fully saturated rings. The van der Waals surface area contributed by atoms with Gasteiger partial charge < -0.3 is 13.9 Å². The van der Waals surface area contributed by atoms with E-state index in [1.54, 1.807) is 36.6 Å². The first-order chi connectivity index (χ1) is 15.9. The summed E-state index contributed by atoms with van der Waals surface area (Å²) in [4.78, 5) is 35.5. The fourth-order valence-electron chi connectivity index (χ4n) is 3.40. The summed E-state index contributed by atoms with van der Waals surface area (Å²) in [7, 11) is 1.49. The van der Waals surface area contributed by atoms with E-state index in [0.717, 1.165) is 16.6 Å². The SMILES string of the molecule is CCOc1ccc(C(=O)NNC(=O)c2sc3nc(-c4ccco4)nc(C)c3c2C)cc1OC. The number of hydrazine groups is 1. The number of furan rings is 1. The van der Waals surface area contributed by atoms with Crippen molar-refractivity contribution in [1.82, 2.24) is 20.8 Å². The molecule has 0 bridgehead atoms. The standard InChI is InChI=1S/C23H22N4O5S/c1-5-31-15-9-8-14(11-17(15)30-4)21(28)26-27-22(29)19-12(2)18-13(3)24-20(25-23(18)33-19)16-7-6-10-32-16/h6-11H,5H2,1-4H3,(H,26,28)(H,27,29). The molecule has 33 heavy (non-hydrogen) atoms. The van der Waals surface area contributed by atoms with Crippen LogP contribution in [-0.4, -0.2) is 35.5 Å². The van der Waals surface area contributed by atoms with Gasteiger partial charge in [-0.2, -0.15) is 0 Å². The minimum Gasteiger partial charge on any atom is -0.493 e. The van der Waals surface area contributed by atoms with Crippen LogP contribution in [0.5, 0.6) is 11.5 Å². The van der Waals surface area contributed by atoms with Crippen molar-refractivity contribution < 1.29 is 23.5 Å². The molecule has 4 aromatic rings. The Morgan fingerprint density at radius 3 is 2.58 bits per heavy atom. The highest BCUT2D eigenvalue weighted by atomic mass is 32.1. The van der Waals surface area contributed by atoms with E-state index in [1.165, 1.54) is 18.4 Å². The van der Waals surface area contributed by atoms with Crippen molar-refractivity contribution in [2.75, 3.05) is 13.7 Å². The molecule has 0 radical (unpaired) electrons. The van der Waals surface area contributed by atoms with Crippen LogP contribution in [0.15, 0.2) is 41.0 Å². The third-order valence-electron chi connectivity index (χ3n) is 4.93. The van der Waals surface area contributed by atoms with Crippen molar-refractivity contribution in [2.24, 2.45) is 0 Å². The van der Waals surface area contributed by atoms with Gasteiger partial charge in [-0.3, -0.25) is 20.4 Å². The fraction of sp³-hybridized carbons (Fsp3) is 0.217. The number of nitrogens with one attached hydrogen (secondary N) is 2. The van der Waals surface area contributed by atoms with Gasteiger partial charge in [-0.15, -0.1) is 11.3 Å². The van der Waals surface area contributed by atoms with Crippen molar-refractivity contribution in [3.8, 4) is 23.1 Å². The summed E-state index contributed by atoms with van der Waals surface area (Å²) in [5, 5.41) is 0.808. The summed E-state index contributed by atoms with van der Waals surface area (Å²) >= 11 is 1.23. The van der Waals surface area contributed by atoms with Gasteiger partial charge in [0.15, 0.2) is 23.1 Å². The lowest BCUT2D eigenvalue weighted by atomic mass is 10.1. The quantitative estimate of drug-likeness (QED) is 0.412. The lowest BCUT2D eigenvalue weighted by Crippen LogP contribution is -2.41. The molecule has 3 heterocycles. The highest BCUT2D eigenvalue weighted by Crippen LogP contribution is 2.33. The highest BCUT2D eigenvalue weighted by molar-refractivity contribution is 7.20. The molecule has 0 unspecified atom stereocenters. The van der Waals surface area contributed by atoms with Crippen LogP contribution in [0, 0.1) is 13.8 Å². The number of rotatable bonds is 6. The number of benzene rings is 1. The van der Waals surface area contributed by atoms with Crippen LogP contribution in [0.1, 0.15) is 38.2 Å². The molecular formula is C23H22N4O5S. The second-order valence-corrected chi connectivity index (χ2v) is 8.05. The third kappa shape index (κ3) is 4.37. The predicted molar refractivity (Wildman–Crippen MR) is 124 cm³/mol. The summed E-state index contributed by atoms with van der Waals surface area (Å²) in [5.41, 5.74) is 6.71.